The number of hydrogen-bond donors (Lipinski definition) is 0. The molecule has 0 aromatic carbocycles. The van der Waals surface area contributed by atoms with E-state index in [-0.39, 0.29) is 5.97 Å². The first kappa shape index (κ1) is 13.7. The van der Waals surface area contributed by atoms with Crippen molar-refractivity contribution < 1.29 is 14.4 Å². The number of allylic oxidation sites excluding steroid dienone is 2. The summed E-state index contributed by atoms with van der Waals surface area (Å²) in [6, 6.07) is 0. The number of carbonyl (C=O) groups is 1. The lowest BCUT2D eigenvalue weighted by Gasteiger charge is -2.04. The lowest BCUT2D eigenvalue weighted by atomic mass is 10.1. The van der Waals surface area contributed by atoms with Crippen LogP contribution in [-0.4, -0.2) is 25.4 Å². The molecule has 0 saturated heterocycles. The summed E-state index contributed by atoms with van der Waals surface area (Å²) in [7, 11) is 1.59. The second-order valence-electron chi connectivity index (χ2n) is 4.14. The normalized spacial score (nSPS) is 17.1. The molecule has 0 fully saturated rings. The smallest absolute Gasteiger partial charge is 0.302 e. The Morgan fingerprint density at radius 1 is 1.41 bits per heavy atom. The number of oxime groups is 1. The molecule has 96 valence electrons. The first-order chi connectivity index (χ1) is 8.24. The number of ether oxygens (including phenoxy) is 1. The van der Waals surface area contributed by atoms with Crippen LogP contribution in [0.4, 0.5) is 0 Å². The van der Waals surface area contributed by atoms with Crippen molar-refractivity contribution in [3.05, 3.63) is 11.6 Å². The fourth-order valence-electron chi connectivity index (χ4n) is 1.93. The summed E-state index contributed by atoms with van der Waals surface area (Å²) in [4.78, 5) is 15.4. The van der Waals surface area contributed by atoms with Crippen LogP contribution in [-0.2, 0) is 14.4 Å². The van der Waals surface area contributed by atoms with Gasteiger partial charge in [0.05, 0.1) is 12.3 Å². The lowest BCUT2D eigenvalue weighted by molar-refractivity contribution is -0.141. The zero-order valence-corrected chi connectivity index (χ0v) is 10.7. The van der Waals surface area contributed by atoms with Gasteiger partial charge < -0.3 is 9.57 Å². The second-order valence-corrected chi connectivity index (χ2v) is 4.14. The highest BCUT2D eigenvalue weighted by Crippen LogP contribution is 2.21. The lowest BCUT2D eigenvalue weighted by Crippen LogP contribution is -2.01. The Morgan fingerprint density at radius 2 is 2.24 bits per heavy atom. The van der Waals surface area contributed by atoms with E-state index in [0.717, 1.165) is 44.2 Å². The zero-order valence-electron chi connectivity index (χ0n) is 10.7. The first-order valence-electron chi connectivity index (χ1n) is 6.17. The van der Waals surface area contributed by atoms with Crippen molar-refractivity contribution in [1.29, 1.82) is 0 Å². The molecule has 0 N–H and O–H groups in total. The topological polar surface area (TPSA) is 47.9 Å². The van der Waals surface area contributed by atoms with Crippen LogP contribution in [0.3, 0.4) is 0 Å². The zero-order chi connectivity index (χ0) is 12.5. The maximum absolute atomic E-state index is 10.5. The molecular weight excluding hydrogens is 218 g/mol. The Bertz CT molecular complexity index is 308. The molecule has 0 radical (unpaired) electrons. The van der Waals surface area contributed by atoms with E-state index >= 15 is 0 Å². The predicted octanol–water partition coefficient (Wildman–Crippen LogP) is 2.83. The van der Waals surface area contributed by atoms with Crippen LogP contribution in [0.1, 0.15) is 45.4 Å². The Balaban J connectivity index is 2.10. The third kappa shape index (κ3) is 5.52. The molecule has 0 atom stereocenters. The van der Waals surface area contributed by atoms with E-state index < -0.39 is 0 Å². The minimum Gasteiger partial charge on any atom is -0.466 e. The molecule has 17 heavy (non-hydrogen) atoms. The molecule has 0 aromatic rings. The monoisotopic (exact) mass is 239 g/mol. The van der Waals surface area contributed by atoms with Gasteiger partial charge in [-0.1, -0.05) is 11.2 Å². The number of hydrogen-bond acceptors (Lipinski definition) is 4. The third-order valence-electron chi connectivity index (χ3n) is 2.74. The van der Waals surface area contributed by atoms with Crippen LogP contribution in [0.2, 0.25) is 0 Å². The molecule has 0 saturated carbocycles. The molecule has 4 nitrogen and oxygen atoms in total. The molecule has 0 unspecified atom stereocenters. The number of carbonyl (C=O) groups excluding carboxylic acids is 1. The van der Waals surface area contributed by atoms with Crippen molar-refractivity contribution >= 4 is 11.7 Å². The largest absolute Gasteiger partial charge is 0.466 e. The van der Waals surface area contributed by atoms with E-state index in [1.54, 1.807) is 7.11 Å². The standard InChI is InChI=1S/C13H21NO3/c1-11(15)17-10-5-3-4-7-12-8-6-9-13(12)14-16-2/h8H,3-7,9-10H2,1-2H3. The molecule has 1 aliphatic carbocycles. The van der Waals surface area contributed by atoms with Crippen molar-refractivity contribution in [1.82, 2.24) is 0 Å². The average molecular weight is 239 g/mol. The van der Waals surface area contributed by atoms with Gasteiger partial charge in [0, 0.05) is 6.92 Å². The minimum atomic E-state index is -0.196. The van der Waals surface area contributed by atoms with E-state index in [4.69, 9.17) is 9.57 Å². The average Bonchev–Trinajstić information content (AvgIpc) is 2.71. The van der Waals surface area contributed by atoms with E-state index in [0.29, 0.717) is 6.61 Å². The Morgan fingerprint density at radius 3 is 2.94 bits per heavy atom. The predicted molar refractivity (Wildman–Crippen MR) is 66.9 cm³/mol. The van der Waals surface area contributed by atoms with E-state index in [1.165, 1.54) is 12.5 Å². The van der Waals surface area contributed by atoms with Gasteiger partial charge in [-0.2, -0.15) is 0 Å². The van der Waals surface area contributed by atoms with Crippen molar-refractivity contribution in [3.8, 4) is 0 Å². The van der Waals surface area contributed by atoms with Crippen LogP contribution >= 0.6 is 0 Å². The molecule has 0 spiro atoms. The first-order valence-corrected chi connectivity index (χ1v) is 6.17. The molecule has 1 aliphatic rings. The van der Waals surface area contributed by atoms with Gasteiger partial charge in [0.2, 0.25) is 0 Å². The van der Waals surface area contributed by atoms with Crippen molar-refractivity contribution in [2.24, 2.45) is 5.16 Å². The van der Waals surface area contributed by atoms with Crippen LogP contribution in [0.15, 0.2) is 16.8 Å². The van der Waals surface area contributed by atoms with Crippen LogP contribution in [0, 0.1) is 0 Å². The van der Waals surface area contributed by atoms with Gasteiger partial charge in [-0.3, -0.25) is 4.79 Å². The highest BCUT2D eigenvalue weighted by molar-refractivity contribution is 6.01. The molecule has 0 aliphatic heterocycles. The van der Waals surface area contributed by atoms with Crippen molar-refractivity contribution in [2.75, 3.05) is 13.7 Å². The molecule has 0 heterocycles. The van der Waals surface area contributed by atoms with E-state index in [9.17, 15) is 4.79 Å². The summed E-state index contributed by atoms with van der Waals surface area (Å²) >= 11 is 0. The fraction of sp³-hybridized carbons (Fsp3) is 0.692. The molecule has 4 heteroatoms. The van der Waals surface area contributed by atoms with Crippen LogP contribution < -0.4 is 0 Å². The van der Waals surface area contributed by atoms with Gasteiger partial charge >= 0.3 is 5.97 Å². The van der Waals surface area contributed by atoms with Gasteiger partial charge in [0.15, 0.2) is 0 Å². The Labute approximate surface area is 103 Å². The van der Waals surface area contributed by atoms with Gasteiger partial charge in [-0.25, -0.2) is 0 Å². The Hall–Kier alpha value is -1.32. The summed E-state index contributed by atoms with van der Waals surface area (Å²) < 4.78 is 4.88. The molecule has 0 amide bonds. The number of rotatable bonds is 7. The summed E-state index contributed by atoms with van der Waals surface area (Å²) in [5.74, 6) is -0.196. The SMILES string of the molecule is CON=C1CCC=C1CCCCCOC(C)=O. The molecule has 0 aromatic heterocycles. The highest BCUT2D eigenvalue weighted by atomic mass is 16.6. The van der Waals surface area contributed by atoms with E-state index in [1.807, 2.05) is 0 Å². The Kier molecular flexibility index (Phi) is 6.37. The van der Waals surface area contributed by atoms with Gasteiger partial charge in [-0.15, -0.1) is 0 Å². The third-order valence-corrected chi connectivity index (χ3v) is 2.74. The highest BCUT2D eigenvalue weighted by Gasteiger charge is 2.13. The molecule has 0 bridgehead atoms. The minimum absolute atomic E-state index is 0.196. The summed E-state index contributed by atoms with van der Waals surface area (Å²) in [5, 5.41) is 4.02. The molecule has 1 rings (SSSR count). The maximum atomic E-state index is 10.5. The maximum Gasteiger partial charge on any atom is 0.302 e. The number of nitrogens with zero attached hydrogens (tertiary/aromatic N) is 1. The van der Waals surface area contributed by atoms with Gasteiger partial charge in [0.1, 0.15) is 7.11 Å². The summed E-state index contributed by atoms with van der Waals surface area (Å²) in [5.41, 5.74) is 2.41. The van der Waals surface area contributed by atoms with Gasteiger partial charge in [0.25, 0.3) is 0 Å². The fourth-order valence-corrected chi connectivity index (χ4v) is 1.93. The number of esters is 1. The quantitative estimate of drug-likeness (QED) is 0.390. The van der Waals surface area contributed by atoms with Crippen molar-refractivity contribution in [3.63, 3.8) is 0 Å². The number of unbranched alkanes of at least 4 members (excludes halogenated alkanes) is 2. The van der Waals surface area contributed by atoms with Crippen molar-refractivity contribution in [2.45, 2.75) is 45.4 Å². The van der Waals surface area contributed by atoms with Crippen LogP contribution in [0.5, 0.6) is 0 Å². The summed E-state index contributed by atoms with van der Waals surface area (Å²) in [6.45, 7) is 1.98. The molecular formula is C13H21NO3. The summed E-state index contributed by atoms with van der Waals surface area (Å²) in [6.07, 6.45) is 8.47. The second kappa shape index (κ2) is 7.87. The van der Waals surface area contributed by atoms with Gasteiger partial charge in [-0.05, 0) is 44.1 Å². The van der Waals surface area contributed by atoms with E-state index in [2.05, 4.69) is 11.2 Å². The van der Waals surface area contributed by atoms with Crippen LogP contribution in [0.25, 0.3) is 0 Å².